The number of ether oxygens (including phenoxy) is 2. The lowest BCUT2D eigenvalue weighted by molar-refractivity contribution is -0.148. The molecule has 0 radical (unpaired) electrons. The monoisotopic (exact) mass is 470 g/mol. The number of hydrogen-bond acceptors (Lipinski definition) is 5. The van der Waals surface area contributed by atoms with Gasteiger partial charge in [0.2, 0.25) is 0 Å². The summed E-state index contributed by atoms with van der Waals surface area (Å²) in [6.07, 6.45) is 0.689. The van der Waals surface area contributed by atoms with Crippen molar-refractivity contribution in [1.82, 2.24) is 9.88 Å². The number of aromatic nitrogens is 1. The Balaban J connectivity index is 1.92. The zero-order valence-electron chi connectivity index (χ0n) is 19.1. The van der Waals surface area contributed by atoms with Gasteiger partial charge in [-0.05, 0) is 68.3 Å². The van der Waals surface area contributed by atoms with Crippen LogP contribution in [0.25, 0.3) is 10.9 Å². The van der Waals surface area contributed by atoms with Gasteiger partial charge in [0.1, 0.15) is 5.75 Å². The van der Waals surface area contributed by atoms with E-state index in [1.54, 1.807) is 61.1 Å². The fraction of sp³-hybridized carbons (Fsp3) is 0.320. The molecule has 0 aliphatic rings. The molecular weight excluding hydrogens is 444 g/mol. The summed E-state index contributed by atoms with van der Waals surface area (Å²) in [5.74, 6) is -0.553. The molecule has 1 atom stereocenters. The Hall–Kier alpha value is -3.32. The zero-order chi connectivity index (χ0) is 24.1. The molecule has 1 unspecified atom stereocenters. The Labute approximate surface area is 197 Å². The highest BCUT2D eigenvalue weighted by molar-refractivity contribution is 6.30. The Morgan fingerprint density at radius 2 is 1.82 bits per heavy atom. The van der Waals surface area contributed by atoms with Crippen LogP contribution in [0, 0.1) is 6.92 Å². The number of hydrogen-bond donors (Lipinski definition) is 1. The summed E-state index contributed by atoms with van der Waals surface area (Å²) in [6, 6.07) is 11.9. The summed E-state index contributed by atoms with van der Waals surface area (Å²) in [6.45, 7) is 5.25. The number of rotatable bonds is 8. The normalized spacial score (nSPS) is 11.8. The molecule has 3 aromatic rings. The van der Waals surface area contributed by atoms with Crippen LogP contribution in [0.2, 0.25) is 5.02 Å². The molecule has 1 heterocycles. The minimum absolute atomic E-state index is 0.00256. The Bertz CT molecular complexity index is 1180. The lowest BCUT2D eigenvalue weighted by Crippen LogP contribution is -2.35. The summed E-state index contributed by atoms with van der Waals surface area (Å²) in [5, 5.41) is 3.99. The van der Waals surface area contributed by atoms with Crippen LogP contribution in [0.5, 0.6) is 5.75 Å². The topological polar surface area (TPSA) is 86.6 Å². The zero-order valence-corrected chi connectivity index (χ0v) is 19.9. The van der Waals surface area contributed by atoms with E-state index in [1.807, 2.05) is 13.8 Å². The van der Waals surface area contributed by atoms with Gasteiger partial charge in [-0.15, -0.1) is 0 Å². The number of nitrogens with one attached hydrogen (secondary N) is 1. The van der Waals surface area contributed by atoms with Crippen LogP contribution >= 0.6 is 11.6 Å². The molecule has 33 heavy (non-hydrogen) atoms. The molecule has 0 aliphatic carbocycles. The third-order valence-electron chi connectivity index (χ3n) is 5.54. The second-order valence-corrected chi connectivity index (χ2v) is 8.25. The highest BCUT2D eigenvalue weighted by Crippen LogP contribution is 2.31. The maximum Gasteiger partial charge on any atom is 0.310 e. The van der Waals surface area contributed by atoms with Crippen LogP contribution in [0.1, 0.15) is 41.9 Å². The first-order chi connectivity index (χ1) is 15.7. The van der Waals surface area contributed by atoms with E-state index >= 15 is 0 Å². The fourth-order valence-corrected chi connectivity index (χ4v) is 3.68. The van der Waals surface area contributed by atoms with Crippen LogP contribution in [0.15, 0.2) is 42.5 Å². The van der Waals surface area contributed by atoms with Crippen molar-refractivity contribution in [3.05, 3.63) is 64.3 Å². The lowest BCUT2D eigenvalue weighted by atomic mass is 10.1. The molecule has 1 amide bonds. The van der Waals surface area contributed by atoms with E-state index in [0.29, 0.717) is 38.5 Å². The van der Waals surface area contributed by atoms with Gasteiger partial charge in [-0.3, -0.25) is 19.0 Å². The van der Waals surface area contributed by atoms with Crippen molar-refractivity contribution in [3.8, 4) is 5.75 Å². The van der Waals surface area contributed by atoms with Crippen molar-refractivity contribution in [3.63, 3.8) is 0 Å². The smallest absolute Gasteiger partial charge is 0.310 e. The van der Waals surface area contributed by atoms with Crippen LogP contribution in [-0.4, -0.2) is 42.1 Å². The van der Waals surface area contributed by atoms with E-state index < -0.39 is 5.97 Å². The van der Waals surface area contributed by atoms with E-state index in [4.69, 9.17) is 21.1 Å². The number of halogens is 1. The van der Waals surface area contributed by atoms with E-state index in [9.17, 15) is 14.4 Å². The highest BCUT2D eigenvalue weighted by Gasteiger charge is 2.23. The van der Waals surface area contributed by atoms with Crippen molar-refractivity contribution in [2.24, 2.45) is 0 Å². The van der Waals surface area contributed by atoms with Crippen LogP contribution < -0.4 is 10.1 Å². The second kappa shape index (κ2) is 10.5. The number of carbonyl (C=O) groups excluding carboxylic acids is 3. The average Bonchev–Trinajstić information content (AvgIpc) is 3.08. The summed E-state index contributed by atoms with van der Waals surface area (Å²) >= 11 is 5.96. The Kier molecular flexibility index (Phi) is 7.76. The second-order valence-electron chi connectivity index (χ2n) is 7.81. The molecule has 0 aliphatic heterocycles. The Morgan fingerprint density at radius 3 is 2.45 bits per heavy atom. The van der Waals surface area contributed by atoms with Gasteiger partial charge >= 0.3 is 5.97 Å². The van der Waals surface area contributed by atoms with Crippen LogP contribution in [0.3, 0.4) is 0 Å². The summed E-state index contributed by atoms with van der Waals surface area (Å²) in [5.41, 5.74) is 2.36. The standard InChI is InChI=1S/C25H27ClN2O5/c1-5-15(2)27-23(29)14-33-24(30)13-20-16(3)28(22-11-10-19(32-4)12-21(20)22)25(31)17-6-8-18(26)9-7-17/h6-12,15H,5,13-14H2,1-4H3,(H,27,29). The van der Waals surface area contributed by atoms with Gasteiger partial charge in [0.15, 0.2) is 6.61 Å². The molecule has 7 nitrogen and oxygen atoms in total. The fourth-order valence-electron chi connectivity index (χ4n) is 3.56. The quantitative estimate of drug-likeness (QED) is 0.496. The number of benzene rings is 2. The predicted octanol–water partition coefficient (Wildman–Crippen LogP) is 4.30. The molecule has 0 bridgehead atoms. The van der Waals surface area contributed by atoms with Gasteiger partial charge in [-0.1, -0.05) is 18.5 Å². The first kappa shape index (κ1) is 24.3. The van der Waals surface area contributed by atoms with Crippen molar-refractivity contribution in [1.29, 1.82) is 0 Å². The molecule has 174 valence electrons. The molecule has 3 rings (SSSR count). The number of methoxy groups -OCH3 is 1. The molecule has 1 N–H and O–H groups in total. The predicted molar refractivity (Wildman–Crippen MR) is 127 cm³/mol. The molecule has 0 saturated carbocycles. The largest absolute Gasteiger partial charge is 0.497 e. The van der Waals surface area contributed by atoms with E-state index in [1.165, 1.54) is 0 Å². The number of fused-ring (bicyclic) bond motifs is 1. The van der Waals surface area contributed by atoms with Crippen LogP contribution in [0.4, 0.5) is 0 Å². The van der Waals surface area contributed by atoms with Gasteiger partial charge in [0, 0.05) is 27.7 Å². The number of nitrogens with zero attached hydrogens (tertiary/aromatic N) is 1. The lowest BCUT2D eigenvalue weighted by Gasteiger charge is -2.11. The van der Waals surface area contributed by atoms with Crippen molar-refractivity contribution in [2.45, 2.75) is 39.7 Å². The van der Waals surface area contributed by atoms with Gasteiger partial charge in [-0.2, -0.15) is 0 Å². The third-order valence-corrected chi connectivity index (χ3v) is 5.79. The van der Waals surface area contributed by atoms with E-state index in [2.05, 4.69) is 5.32 Å². The first-order valence-electron chi connectivity index (χ1n) is 10.7. The van der Waals surface area contributed by atoms with Gasteiger partial charge < -0.3 is 14.8 Å². The molecule has 0 spiro atoms. The van der Waals surface area contributed by atoms with Gasteiger partial charge in [0.05, 0.1) is 19.0 Å². The van der Waals surface area contributed by atoms with Gasteiger partial charge in [-0.25, -0.2) is 0 Å². The van der Waals surface area contributed by atoms with E-state index in [0.717, 1.165) is 6.42 Å². The SMILES string of the molecule is CCC(C)NC(=O)COC(=O)Cc1c(C)n(C(=O)c2ccc(Cl)cc2)c2ccc(OC)cc12. The summed E-state index contributed by atoms with van der Waals surface area (Å²) < 4.78 is 12.1. The van der Waals surface area contributed by atoms with E-state index in [-0.39, 0.29) is 30.9 Å². The third kappa shape index (κ3) is 5.54. The van der Waals surface area contributed by atoms with Crippen molar-refractivity contribution >= 4 is 40.3 Å². The molecule has 0 fully saturated rings. The highest BCUT2D eigenvalue weighted by atomic mass is 35.5. The first-order valence-corrected chi connectivity index (χ1v) is 11.1. The summed E-state index contributed by atoms with van der Waals surface area (Å²) in [4.78, 5) is 37.8. The Morgan fingerprint density at radius 1 is 1.12 bits per heavy atom. The maximum absolute atomic E-state index is 13.3. The molecule has 1 aromatic heterocycles. The minimum Gasteiger partial charge on any atom is -0.497 e. The van der Waals surface area contributed by atoms with Crippen LogP contribution in [-0.2, 0) is 20.7 Å². The molecular formula is C25H27ClN2O5. The van der Waals surface area contributed by atoms with Crippen molar-refractivity contribution < 1.29 is 23.9 Å². The minimum atomic E-state index is -0.557. The van der Waals surface area contributed by atoms with Gasteiger partial charge in [0.25, 0.3) is 11.8 Å². The number of carbonyl (C=O) groups is 3. The number of esters is 1. The van der Waals surface area contributed by atoms with Crippen molar-refractivity contribution in [2.75, 3.05) is 13.7 Å². The maximum atomic E-state index is 13.3. The number of amides is 1. The average molecular weight is 471 g/mol. The molecule has 2 aromatic carbocycles. The summed E-state index contributed by atoms with van der Waals surface area (Å²) in [7, 11) is 1.55. The molecule has 0 saturated heterocycles. The molecule has 8 heteroatoms.